The Hall–Kier alpha value is 0.708. The van der Waals surface area contributed by atoms with Gasteiger partial charge in [0.2, 0.25) is 5.41 Å². The molecule has 3 atom stereocenters. The Kier molecular flexibility index (Phi) is 5.78. The molecule has 102 valence electrons. The third-order valence-electron chi connectivity index (χ3n) is 3.23. The van der Waals surface area contributed by atoms with Gasteiger partial charge in [-0.05, 0) is 33.0 Å². The Morgan fingerprint density at radius 1 is 1.53 bits per heavy atom. The molecule has 3 unspecified atom stereocenters. The summed E-state index contributed by atoms with van der Waals surface area (Å²) in [4.78, 5) is 0. The lowest BCUT2D eigenvalue weighted by atomic mass is 10.5. The van der Waals surface area contributed by atoms with Crippen LogP contribution in [0, 0.1) is 0 Å². The first-order valence-corrected chi connectivity index (χ1v) is 15.3. The van der Waals surface area contributed by atoms with Crippen molar-refractivity contribution in [3.8, 4) is 0 Å². The van der Waals surface area contributed by atoms with E-state index in [1.54, 1.807) is 0 Å². The van der Waals surface area contributed by atoms with Crippen LogP contribution in [-0.4, -0.2) is 54.8 Å². The summed E-state index contributed by atoms with van der Waals surface area (Å²) in [6.45, 7) is 11.6. The molecule has 1 fully saturated rings. The first kappa shape index (κ1) is 15.8. The number of ether oxygens (including phenoxy) is 2. The molecule has 0 saturated carbocycles. The van der Waals surface area contributed by atoms with Crippen molar-refractivity contribution in [1.82, 2.24) is 0 Å². The van der Waals surface area contributed by atoms with E-state index >= 15 is 0 Å². The predicted molar refractivity (Wildman–Crippen MR) is 80.7 cm³/mol. The van der Waals surface area contributed by atoms with Crippen molar-refractivity contribution in [2.75, 3.05) is 6.61 Å². The maximum absolute atomic E-state index is 6.03. The zero-order chi connectivity index (χ0) is 13.1. The number of rotatable bonds is 8. The molecule has 1 aliphatic heterocycles. The summed E-state index contributed by atoms with van der Waals surface area (Å²) in [6, 6.07) is 0. The molecule has 1 aliphatic rings. The summed E-state index contributed by atoms with van der Waals surface area (Å²) in [6.07, 6.45) is 1.20. The molecule has 0 amide bonds. The standard InChI is InChI=1S/C9H26O4Si4/c1-6-7-10-9(8(2)11-9)17(5,12-14)15-13-16(3)4/h8,16H,6-7,15H2,1-5,14H3. The predicted octanol–water partition coefficient (Wildman–Crippen LogP) is -0.480. The van der Waals surface area contributed by atoms with Gasteiger partial charge in [-0.15, -0.1) is 0 Å². The highest BCUT2D eigenvalue weighted by Gasteiger charge is 2.69. The molecular weight excluding hydrogens is 284 g/mol. The minimum atomic E-state index is -1.93. The fourth-order valence-corrected chi connectivity index (χ4v) is 17.0. The van der Waals surface area contributed by atoms with Crippen molar-refractivity contribution < 1.29 is 17.7 Å². The van der Waals surface area contributed by atoms with Crippen LogP contribution in [0.15, 0.2) is 0 Å². The van der Waals surface area contributed by atoms with Crippen molar-refractivity contribution in [1.29, 1.82) is 0 Å². The van der Waals surface area contributed by atoms with Crippen LogP contribution < -0.4 is 0 Å². The molecule has 17 heavy (non-hydrogen) atoms. The third-order valence-corrected chi connectivity index (χ3v) is 20.1. The highest BCUT2D eigenvalue weighted by molar-refractivity contribution is 7.21. The van der Waals surface area contributed by atoms with Crippen molar-refractivity contribution >= 4 is 36.6 Å². The van der Waals surface area contributed by atoms with E-state index in [4.69, 9.17) is 17.7 Å². The zero-order valence-electron chi connectivity index (χ0n) is 11.9. The Balaban J connectivity index is 2.68. The fraction of sp³-hybridized carbons (Fsp3) is 1.00. The van der Waals surface area contributed by atoms with Gasteiger partial charge in [0.15, 0.2) is 18.3 Å². The zero-order valence-corrected chi connectivity index (χ0v) is 17.5. The van der Waals surface area contributed by atoms with Gasteiger partial charge in [-0.2, -0.15) is 0 Å². The van der Waals surface area contributed by atoms with Crippen LogP contribution in [0.4, 0.5) is 0 Å². The Morgan fingerprint density at radius 3 is 2.47 bits per heavy atom. The molecule has 0 aromatic heterocycles. The maximum atomic E-state index is 6.03. The van der Waals surface area contributed by atoms with E-state index in [1.165, 1.54) is 0 Å². The Bertz CT molecular complexity index is 255. The van der Waals surface area contributed by atoms with Gasteiger partial charge >= 0.3 is 0 Å². The van der Waals surface area contributed by atoms with E-state index in [1.807, 2.05) is 0 Å². The molecule has 0 N–H and O–H groups in total. The molecule has 1 saturated heterocycles. The van der Waals surface area contributed by atoms with Crippen molar-refractivity contribution in [2.45, 2.75) is 51.4 Å². The molecule has 1 heterocycles. The highest BCUT2D eigenvalue weighted by Crippen LogP contribution is 2.45. The monoisotopic (exact) mass is 310 g/mol. The van der Waals surface area contributed by atoms with Gasteiger partial charge in [-0.25, -0.2) is 0 Å². The topological polar surface area (TPSA) is 40.2 Å². The van der Waals surface area contributed by atoms with Crippen LogP contribution >= 0.6 is 0 Å². The van der Waals surface area contributed by atoms with Gasteiger partial charge in [-0.3, -0.25) is 0 Å². The summed E-state index contributed by atoms with van der Waals surface area (Å²) >= 11 is 0. The van der Waals surface area contributed by atoms with Crippen molar-refractivity contribution in [3.05, 3.63) is 0 Å². The molecule has 0 spiro atoms. The molecular formula is C9H26O4Si4. The first-order valence-electron chi connectivity index (χ1n) is 6.40. The van der Waals surface area contributed by atoms with E-state index in [9.17, 15) is 0 Å². The Labute approximate surface area is 112 Å². The van der Waals surface area contributed by atoms with E-state index in [-0.39, 0.29) is 11.5 Å². The average molecular weight is 311 g/mol. The van der Waals surface area contributed by atoms with Crippen LogP contribution in [0.1, 0.15) is 20.3 Å². The number of epoxide rings is 1. The highest BCUT2D eigenvalue weighted by atomic mass is 29.2. The summed E-state index contributed by atoms with van der Waals surface area (Å²) in [5, 5.41) is 0. The molecule has 0 radical (unpaired) electrons. The Morgan fingerprint density at radius 2 is 2.12 bits per heavy atom. The smallest absolute Gasteiger partial charge is 0.255 e. The second-order valence-corrected chi connectivity index (χ2v) is 18.5. The minimum Gasteiger partial charge on any atom is -0.463 e. The van der Waals surface area contributed by atoms with E-state index in [0.717, 1.165) is 23.5 Å². The summed E-state index contributed by atoms with van der Waals surface area (Å²) in [5.41, 5.74) is -0.389. The summed E-state index contributed by atoms with van der Waals surface area (Å²) in [7, 11) is -2.80. The van der Waals surface area contributed by atoms with Crippen LogP contribution in [-0.2, 0) is 17.7 Å². The van der Waals surface area contributed by atoms with E-state index in [2.05, 4.69) is 33.5 Å². The third kappa shape index (κ3) is 3.38. The second-order valence-electron chi connectivity index (χ2n) is 5.07. The fourth-order valence-electron chi connectivity index (χ4n) is 1.97. The van der Waals surface area contributed by atoms with Gasteiger partial charge in [0.05, 0.1) is 0 Å². The second kappa shape index (κ2) is 6.24. The van der Waals surface area contributed by atoms with Crippen LogP contribution in [0.2, 0.25) is 19.6 Å². The van der Waals surface area contributed by atoms with E-state index in [0.29, 0.717) is 0 Å². The lowest BCUT2D eigenvalue weighted by Crippen LogP contribution is -2.60. The number of hydrogen-bond donors (Lipinski definition) is 0. The molecule has 4 nitrogen and oxygen atoms in total. The lowest BCUT2D eigenvalue weighted by molar-refractivity contribution is 0.00310. The molecule has 0 aromatic carbocycles. The SMILES string of the molecule is CCCOC1([Si](C)(O[SiH3])[SiH2]O[SiH](C)C)OC1C. The van der Waals surface area contributed by atoms with Crippen molar-refractivity contribution in [2.24, 2.45) is 0 Å². The van der Waals surface area contributed by atoms with E-state index < -0.39 is 26.2 Å². The normalized spacial score (nSPS) is 32.5. The van der Waals surface area contributed by atoms with Crippen LogP contribution in [0.5, 0.6) is 0 Å². The maximum Gasteiger partial charge on any atom is 0.255 e. The molecule has 8 heteroatoms. The lowest BCUT2D eigenvalue weighted by Gasteiger charge is -2.32. The molecule has 1 rings (SSSR count). The van der Waals surface area contributed by atoms with Crippen LogP contribution in [0.3, 0.4) is 0 Å². The quantitative estimate of drug-likeness (QED) is 0.448. The number of hydrogen-bond acceptors (Lipinski definition) is 4. The summed E-state index contributed by atoms with van der Waals surface area (Å²) < 4.78 is 23.8. The first-order chi connectivity index (χ1) is 7.92. The van der Waals surface area contributed by atoms with Gasteiger partial charge in [0.25, 0.3) is 7.83 Å². The van der Waals surface area contributed by atoms with Gasteiger partial charge in [0, 0.05) is 6.61 Å². The van der Waals surface area contributed by atoms with Gasteiger partial charge in [0.1, 0.15) is 16.6 Å². The average Bonchev–Trinajstić information content (AvgIpc) is 2.96. The van der Waals surface area contributed by atoms with Gasteiger partial charge in [-0.1, -0.05) is 6.92 Å². The molecule has 0 aliphatic carbocycles. The minimum absolute atomic E-state index is 0.185. The van der Waals surface area contributed by atoms with Crippen molar-refractivity contribution in [3.63, 3.8) is 0 Å². The summed E-state index contributed by atoms with van der Waals surface area (Å²) in [5.74, 6) is 0. The van der Waals surface area contributed by atoms with Crippen LogP contribution in [0.25, 0.3) is 0 Å². The molecule has 0 bridgehead atoms. The van der Waals surface area contributed by atoms with Gasteiger partial charge < -0.3 is 17.7 Å². The molecule has 0 aromatic rings. The largest absolute Gasteiger partial charge is 0.463 e.